The summed E-state index contributed by atoms with van der Waals surface area (Å²) in [5.74, 6) is 0. The summed E-state index contributed by atoms with van der Waals surface area (Å²) in [5.41, 5.74) is -0.135. The lowest BCUT2D eigenvalue weighted by Gasteiger charge is -2.25. The number of benzene rings is 1. The van der Waals surface area contributed by atoms with Gasteiger partial charge in [-0.05, 0) is 23.8 Å². The Bertz CT molecular complexity index is 400. The van der Waals surface area contributed by atoms with Gasteiger partial charge in [-0.2, -0.15) is 13.2 Å². The molecule has 0 aliphatic carbocycles. The molecule has 1 heterocycles. The maximum atomic E-state index is 12.6. The van der Waals surface area contributed by atoms with E-state index in [-0.39, 0.29) is 11.1 Å². The van der Waals surface area contributed by atoms with Gasteiger partial charge < -0.3 is 10.6 Å². The molecular weight excluding hydrogens is 253 g/mol. The predicted molar refractivity (Wildman–Crippen MR) is 60.1 cm³/mol. The molecule has 0 radical (unpaired) electrons. The molecule has 2 rings (SSSR count). The fourth-order valence-corrected chi connectivity index (χ4v) is 2.11. The molecule has 0 bridgehead atoms. The molecule has 6 heteroatoms. The van der Waals surface area contributed by atoms with Crippen molar-refractivity contribution in [3.63, 3.8) is 0 Å². The molecule has 2 nitrogen and oxygen atoms in total. The highest BCUT2D eigenvalue weighted by molar-refractivity contribution is 6.30. The quantitative estimate of drug-likeness (QED) is 0.815. The molecule has 17 heavy (non-hydrogen) atoms. The first kappa shape index (κ1) is 12.7. The molecule has 1 fully saturated rings. The van der Waals surface area contributed by atoms with Crippen LogP contribution in [0.15, 0.2) is 18.2 Å². The molecule has 0 amide bonds. The molecule has 0 saturated carbocycles. The minimum absolute atomic E-state index is 0.113. The van der Waals surface area contributed by atoms with Crippen molar-refractivity contribution in [2.45, 2.75) is 12.2 Å². The van der Waals surface area contributed by atoms with Crippen LogP contribution in [-0.4, -0.2) is 19.6 Å². The molecule has 1 aromatic rings. The third-order valence-corrected chi connectivity index (χ3v) is 2.91. The second kappa shape index (κ2) is 4.84. The summed E-state index contributed by atoms with van der Waals surface area (Å²) in [7, 11) is 0. The highest BCUT2D eigenvalue weighted by Gasteiger charge is 2.31. The maximum Gasteiger partial charge on any atom is 0.416 e. The number of hydrogen-bond donors (Lipinski definition) is 2. The van der Waals surface area contributed by atoms with Crippen LogP contribution in [0.5, 0.6) is 0 Å². The van der Waals surface area contributed by atoms with Crippen molar-refractivity contribution in [3.8, 4) is 0 Å². The Hall–Kier alpha value is -0.780. The van der Waals surface area contributed by atoms with E-state index < -0.39 is 11.7 Å². The molecule has 1 aromatic carbocycles. The third-order valence-electron chi connectivity index (χ3n) is 2.69. The summed E-state index contributed by atoms with van der Waals surface area (Å²) in [6, 6.07) is 3.54. The molecule has 1 saturated heterocycles. The van der Waals surface area contributed by atoms with Crippen LogP contribution in [0.1, 0.15) is 17.2 Å². The van der Waals surface area contributed by atoms with E-state index in [4.69, 9.17) is 11.6 Å². The van der Waals surface area contributed by atoms with E-state index >= 15 is 0 Å². The van der Waals surface area contributed by atoms with Crippen molar-refractivity contribution in [3.05, 3.63) is 34.3 Å². The number of halogens is 4. The number of hydrogen-bond acceptors (Lipinski definition) is 2. The number of piperazine rings is 1. The summed E-state index contributed by atoms with van der Waals surface area (Å²) in [6.45, 7) is 2.17. The van der Waals surface area contributed by atoms with Gasteiger partial charge in [-0.1, -0.05) is 11.6 Å². The first-order valence-electron chi connectivity index (χ1n) is 5.28. The minimum atomic E-state index is -4.36. The lowest BCUT2D eigenvalue weighted by atomic mass is 10.0. The summed E-state index contributed by atoms with van der Waals surface area (Å²) in [6.07, 6.45) is -4.36. The molecule has 94 valence electrons. The van der Waals surface area contributed by atoms with Crippen LogP contribution < -0.4 is 10.6 Å². The van der Waals surface area contributed by atoms with E-state index in [9.17, 15) is 13.2 Å². The number of rotatable bonds is 1. The van der Waals surface area contributed by atoms with Crippen molar-refractivity contribution >= 4 is 11.6 Å². The predicted octanol–water partition coefficient (Wildman–Crippen LogP) is 2.59. The second-order valence-corrected chi connectivity index (χ2v) is 4.42. The number of alkyl halides is 3. The zero-order valence-corrected chi connectivity index (χ0v) is 9.70. The Labute approximate surface area is 102 Å². The first-order chi connectivity index (χ1) is 7.97. The molecule has 0 spiro atoms. The van der Waals surface area contributed by atoms with Crippen LogP contribution in [0.2, 0.25) is 5.02 Å². The molecule has 0 unspecified atom stereocenters. The molecule has 1 atom stereocenters. The maximum absolute atomic E-state index is 12.6. The van der Waals surface area contributed by atoms with Gasteiger partial charge in [0.05, 0.1) is 5.56 Å². The van der Waals surface area contributed by atoms with Crippen LogP contribution in [0.3, 0.4) is 0 Å². The molecular formula is C11H12ClF3N2. The van der Waals surface area contributed by atoms with Gasteiger partial charge in [-0.3, -0.25) is 0 Å². The van der Waals surface area contributed by atoms with Crippen molar-refractivity contribution in [2.24, 2.45) is 0 Å². The van der Waals surface area contributed by atoms with Gasteiger partial charge in [0.1, 0.15) is 0 Å². The zero-order valence-electron chi connectivity index (χ0n) is 8.94. The summed E-state index contributed by atoms with van der Waals surface area (Å²) < 4.78 is 37.9. The van der Waals surface area contributed by atoms with Crippen LogP contribution >= 0.6 is 11.6 Å². The van der Waals surface area contributed by atoms with Crippen molar-refractivity contribution in [2.75, 3.05) is 19.6 Å². The molecule has 1 aliphatic heterocycles. The topological polar surface area (TPSA) is 24.1 Å². The van der Waals surface area contributed by atoms with Gasteiger partial charge in [0.2, 0.25) is 0 Å². The van der Waals surface area contributed by atoms with E-state index in [0.717, 1.165) is 25.2 Å². The Kier molecular flexibility index (Phi) is 3.61. The normalized spacial score (nSPS) is 21.5. The second-order valence-electron chi connectivity index (χ2n) is 3.98. The molecule has 2 N–H and O–H groups in total. The minimum Gasteiger partial charge on any atom is -0.314 e. The summed E-state index contributed by atoms with van der Waals surface area (Å²) in [4.78, 5) is 0. The monoisotopic (exact) mass is 264 g/mol. The highest BCUT2D eigenvalue weighted by Crippen LogP contribution is 2.33. The van der Waals surface area contributed by atoms with Gasteiger partial charge in [0, 0.05) is 30.7 Å². The van der Waals surface area contributed by atoms with E-state index in [2.05, 4.69) is 10.6 Å². The van der Waals surface area contributed by atoms with Crippen molar-refractivity contribution in [1.29, 1.82) is 0 Å². The summed E-state index contributed by atoms with van der Waals surface area (Å²) in [5, 5.41) is 6.39. The van der Waals surface area contributed by atoms with E-state index in [1.165, 1.54) is 0 Å². The number of nitrogens with one attached hydrogen (secondary N) is 2. The van der Waals surface area contributed by atoms with Gasteiger partial charge in [-0.15, -0.1) is 0 Å². The lowest BCUT2D eigenvalue weighted by molar-refractivity contribution is -0.137. The van der Waals surface area contributed by atoms with E-state index in [0.29, 0.717) is 12.1 Å². The molecule has 1 aliphatic rings. The van der Waals surface area contributed by atoms with E-state index in [1.807, 2.05) is 0 Å². The standard InChI is InChI=1S/C11H12ClF3N2/c12-9-4-7(10-6-16-1-2-17-10)3-8(5-9)11(13,14)15/h3-5,10,16-17H,1-2,6H2/t10-/m1/s1. The van der Waals surface area contributed by atoms with Crippen LogP contribution in [-0.2, 0) is 6.18 Å². The van der Waals surface area contributed by atoms with Gasteiger partial charge >= 0.3 is 6.18 Å². The first-order valence-corrected chi connectivity index (χ1v) is 5.66. The Morgan fingerprint density at radius 3 is 2.53 bits per heavy atom. The fourth-order valence-electron chi connectivity index (χ4n) is 1.87. The zero-order chi connectivity index (χ0) is 12.5. The smallest absolute Gasteiger partial charge is 0.314 e. The SMILES string of the molecule is FC(F)(F)c1cc(Cl)cc([C@H]2CNCCN2)c1. The Balaban J connectivity index is 2.31. The highest BCUT2D eigenvalue weighted by atomic mass is 35.5. The lowest BCUT2D eigenvalue weighted by Crippen LogP contribution is -2.42. The van der Waals surface area contributed by atoms with Crippen LogP contribution in [0.25, 0.3) is 0 Å². The van der Waals surface area contributed by atoms with Crippen molar-refractivity contribution in [1.82, 2.24) is 10.6 Å². The molecule has 0 aromatic heterocycles. The van der Waals surface area contributed by atoms with E-state index in [1.54, 1.807) is 6.07 Å². The van der Waals surface area contributed by atoms with Crippen LogP contribution in [0.4, 0.5) is 13.2 Å². The Morgan fingerprint density at radius 2 is 1.94 bits per heavy atom. The van der Waals surface area contributed by atoms with Crippen molar-refractivity contribution < 1.29 is 13.2 Å². The largest absolute Gasteiger partial charge is 0.416 e. The fraction of sp³-hybridized carbons (Fsp3) is 0.455. The van der Waals surface area contributed by atoms with Crippen LogP contribution in [0, 0.1) is 0 Å². The average molecular weight is 265 g/mol. The Morgan fingerprint density at radius 1 is 1.18 bits per heavy atom. The third kappa shape index (κ3) is 3.12. The van der Waals surface area contributed by atoms with Gasteiger partial charge in [0.25, 0.3) is 0 Å². The average Bonchev–Trinajstić information content (AvgIpc) is 2.28. The summed E-state index contributed by atoms with van der Waals surface area (Å²) >= 11 is 5.73. The van der Waals surface area contributed by atoms with Gasteiger partial charge in [-0.25, -0.2) is 0 Å². The van der Waals surface area contributed by atoms with Gasteiger partial charge in [0.15, 0.2) is 0 Å².